The Balaban J connectivity index is 1.63. The van der Waals surface area contributed by atoms with Crippen molar-refractivity contribution in [1.82, 2.24) is 15.1 Å². The van der Waals surface area contributed by atoms with Gasteiger partial charge in [0.1, 0.15) is 0 Å². The number of aryl methyl sites for hydroxylation is 1. The number of likely N-dealkylation sites (tertiary alicyclic amines) is 1. The Kier molecular flexibility index (Phi) is 7.13. The van der Waals surface area contributed by atoms with Crippen molar-refractivity contribution in [2.24, 2.45) is 0 Å². The molecule has 5 heteroatoms. The molecule has 5 nitrogen and oxygen atoms in total. The molecule has 0 radical (unpaired) electrons. The van der Waals surface area contributed by atoms with Gasteiger partial charge in [0, 0.05) is 25.2 Å². The minimum absolute atomic E-state index is 0.0173. The fraction of sp³-hybridized carbons (Fsp3) is 0.682. The van der Waals surface area contributed by atoms with Gasteiger partial charge in [0.15, 0.2) is 0 Å². The van der Waals surface area contributed by atoms with Gasteiger partial charge in [0.2, 0.25) is 0 Å². The van der Waals surface area contributed by atoms with E-state index in [4.69, 9.17) is 0 Å². The van der Waals surface area contributed by atoms with E-state index < -0.39 is 0 Å². The molecule has 1 saturated heterocycles. The van der Waals surface area contributed by atoms with Crippen molar-refractivity contribution < 1.29 is 9.90 Å². The van der Waals surface area contributed by atoms with E-state index in [1.54, 1.807) is 4.90 Å². The maximum absolute atomic E-state index is 12.9. The average Bonchev–Trinajstić information content (AvgIpc) is 3.18. The number of nitrogens with one attached hydrogen (secondary N) is 1. The van der Waals surface area contributed by atoms with E-state index >= 15 is 0 Å². The second kappa shape index (κ2) is 9.56. The molecule has 1 aliphatic heterocycles. The Morgan fingerprint density at radius 1 is 1.15 bits per heavy atom. The number of amides is 2. The third-order valence-corrected chi connectivity index (χ3v) is 6.41. The molecule has 150 valence electrons. The van der Waals surface area contributed by atoms with Gasteiger partial charge in [-0.1, -0.05) is 43.5 Å². The third kappa shape index (κ3) is 5.02. The number of benzene rings is 1. The molecule has 0 aromatic heterocycles. The second-order valence-corrected chi connectivity index (χ2v) is 8.21. The number of hydrogen-bond donors (Lipinski definition) is 2. The molecule has 0 spiro atoms. The molecule has 1 aromatic carbocycles. The molecule has 27 heavy (non-hydrogen) atoms. The van der Waals surface area contributed by atoms with Crippen molar-refractivity contribution in [3.63, 3.8) is 0 Å². The Bertz CT molecular complexity index is 607. The zero-order valence-electron chi connectivity index (χ0n) is 16.8. The standard InChI is InChI=1S/C22H35N3O2/c1-19-9-3-4-10-20(19)17-24(15-16-26)21(27)23-18-22(11-5-6-12-22)25-13-7-2-8-14-25/h3-4,9-10,26H,2,5-8,11-18H2,1H3,(H,23,27). The number of urea groups is 1. The van der Waals surface area contributed by atoms with E-state index in [2.05, 4.69) is 29.3 Å². The summed E-state index contributed by atoms with van der Waals surface area (Å²) >= 11 is 0. The molecule has 1 saturated carbocycles. The minimum Gasteiger partial charge on any atom is -0.395 e. The molecule has 1 aromatic rings. The summed E-state index contributed by atoms with van der Waals surface area (Å²) in [4.78, 5) is 17.3. The molecule has 2 amide bonds. The summed E-state index contributed by atoms with van der Waals surface area (Å²) in [7, 11) is 0. The van der Waals surface area contributed by atoms with Gasteiger partial charge in [-0.3, -0.25) is 4.90 Å². The van der Waals surface area contributed by atoms with Crippen molar-refractivity contribution in [3.05, 3.63) is 35.4 Å². The largest absolute Gasteiger partial charge is 0.395 e. The summed E-state index contributed by atoms with van der Waals surface area (Å²) in [6.07, 6.45) is 8.78. The molecule has 0 bridgehead atoms. The number of rotatable bonds is 7. The normalized spacial score (nSPS) is 19.8. The first-order valence-corrected chi connectivity index (χ1v) is 10.6. The number of aliphatic hydroxyl groups excluding tert-OH is 1. The van der Waals surface area contributed by atoms with Crippen molar-refractivity contribution in [2.75, 3.05) is 32.8 Å². The van der Waals surface area contributed by atoms with Crippen LogP contribution in [0, 0.1) is 6.92 Å². The van der Waals surface area contributed by atoms with E-state index in [9.17, 15) is 9.90 Å². The Morgan fingerprint density at radius 2 is 1.85 bits per heavy atom. The first-order valence-electron chi connectivity index (χ1n) is 10.6. The molecule has 0 atom stereocenters. The highest BCUT2D eigenvalue weighted by molar-refractivity contribution is 5.74. The van der Waals surface area contributed by atoms with Crippen molar-refractivity contribution >= 4 is 6.03 Å². The predicted octanol–water partition coefficient (Wildman–Crippen LogP) is 3.30. The predicted molar refractivity (Wildman–Crippen MR) is 109 cm³/mol. The number of hydrogen-bond acceptors (Lipinski definition) is 3. The molecule has 1 aliphatic carbocycles. The van der Waals surface area contributed by atoms with Crippen LogP contribution in [0.25, 0.3) is 0 Å². The minimum atomic E-state index is -0.0596. The van der Waals surface area contributed by atoms with Crippen LogP contribution < -0.4 is 5.32 Å². The van der Waals surface area contributed by atoms with Crippen molar-refractivity contribution in [3.8, 4) is 0 Å². The maximum atomic E-state index is 12.9. The van der Waals surface area contributed by atoms with E-state index in [0.717, 1.165) is 12.1 Å². The van der Waals surface area contributed by atoms with Gasteiger partial charge >= 0.3 is 6.03 Å². The topological polar surface area (TPSA) is 55.8 Å². The van der Waals surface area contributed by atoms with Crippen LogP contribution in [0.3, 0.4) is 0 Å². The Hall–Kier alpha value is -1.59. The zero-order valence-corrected chi connectivity index (χ0v) is 16.8. The molecule has 0 unspecified atom stereocenters. The lowest BCUT2D eigenvalue weighted by atomic mass is 9.92. The smallest absolute Gasteiger partial charge is 0.317 e. The first kappa shape index (κ1) is 20.2. The highest BCUT2D eigenvalue weighted by atomic mass is 16.3. The fourth-order valence-corrected chi connectivity index (χ4v) is 4.72. The number of carbonyl (C=O) groups is 1. The number of nitrogens with zero attached hydrogens (tertiary/aromatic N) is 2. The highest BCUT2D eigenvalue weighted by Crippen LogP contribution is 2.36. The molecule has 1 heterocycles. The van der Waals surface area contributed by atoms with E-state index in [1.807, 2.05) is 12.1 Å². The van der Waals surface area contributed by atoms with E-state index in [-0.39, 0.29) is 18.2 Å². The molecular formula is C22H35N3O2. The van der Waals surface area contributed by atoms with Gasteiger partial charge in [0.05, 0.1) is 6.61 Å². The monoisotopic (exact) mass is 373 g/mol. The molecule has 2 aliphatic rings. The quantitative estimate of drug-likeness (QED) is 0.771. The van der Waals surface area contributed by atoms with Gasteiger partial charge in [0.25, 0.3) is 0 Å². The van der Waals surface area contributed by atoms with Gasteiger partial charge in [-0.05, 0) is 56.8 Å². The zero-order chi connectivity index (χ0) is 19.1. The molecule has 2 fully saturated rings. The Labute approximate surface area is 163 Å². The summed E-state index contributed by atoms with van der Waals surface area (Å²) in [5, 5.41) is 12.7. The fourth-order valence-electron chi connectivity index (χ4n) is 4.72. The van der Waals surface area contributed by atoms with Crippen LogP contribution in [-0.4, -0.2) is 59.3 Å². The third-order valence-electron chi connectivity index (χ3n) is 6.41. The summed E-state index contributed by atoms with van der Waals surface area (Å²) in [5.41, 5.74) is 2.45. The van der Waals surface area contributed by atoms with Crippen LogP contribution in [-0.2, 0) is 6.54 Å². The highest BCUT2D eigenvalue weighted by Gasteiger charge is 2.40. The molecule has 3 rings (SSSR count). The summed E-state index contributed by atoms with van der Waals surface area (Å²) in [6.45, 7) is 6.00. The van der Waals surface area contributed by atoms with Gasteiger partial charge in [-0.25, -0.2) is 4.79 Å². The summed E-state index contributed by atoms with van der Waals surface area (Å²) < 4.78 is 0. The lowest BCUT2D eigenvalue weighted by molar-refractivity contribution is 0.0696. The van der Waals surface area contributed by atoms with E-state index in [0.29, 0.717) is 13.1 Å². The molecule has 2 N–H and O–H groups in total. The SMILES string of the molecule is Cc1ccccc1CN(CCO)C(=O)NCC1(N2CCCCC2)CCCC1. The van der Waals surface area contributed by atoms with Gasteiger partial charge in [-0.2, -0.15) is 0 Å². The Morgan fingerprint density at radius 3 is 2.52 bits per heavy atom. The summed E-state index contributed by atoms with van der Waals surface area (Å²) in [6, 6.07) is 8.07. The van der Waals surface area contributed by atoms with Crippen molar-refractivity contribution in [2.45, 2.75) is 64.0 Å². The van der Waals surface area contributed by atoms with Crippen LogP contribution in [0.2, 0.25) is 0 Å². The van der Waals surface area contributed by atoms with Crippen LogP contribution in [0.4, 0.5) is 4.79 Å². The van der Waals surface area contributed by atoms with Gasteiger partial charge < -0.3 is 15.3 Å². The van der Waals surface area contributed by atoms with Gasteiger partial charge in [-0.15, -0.1) is 0 Å². The number of carbonyl (C=O) groups excluding carboxylic acids is 1. The lowest BCUT2D eigenvalue weighted by Crippen LogP contribution is -2.57. The van der Waals surface area contributed by atoms with E-state index in [1.165, 1.54) is 63.6 Å². The number of piperidine rings is 1. The van der Waals surface area contributed by atoms with Crippen LogP contribution in [0.5, 0.6) is 0 Å². The van der Waals surface area contributed by atoms with Crippen LogP contribution >= 0.6 is 0 Å². The number of aliphatic hydroxyl groups is 1. The van der Waals surface area contributed by atoms with Crippen molar-refractivity contribution in [1.29, 1.82) is 0 Å². The summed E-state index contributed by atoms with van der Waals surface area (Å²) in [5.74, 6) is 0. The first-order chi connectivity index (χ1) is 13.1. The molecular weight excluding hydrogens is 338 g/mol. The van der Waals surface area contributed by atoms with Crippen LogP contribution in [0.15, 0.2) is 24.3 Å². The second-order valence-electron chi connectivity index (χ2n) is 8.21. The maximum Gasteiger partial charge on any atom is 0.317 e. The van der Waals surface area contributed by atoms with Crippen LogP contribution in [0.1, 0.15) is 56.1 Å². The lowest BCUT2D eigenvalue weighted by Gasteiger charge is -2.44. The average molecular weight is 374 g/mol.